The van der Waals surface area contributed by atoms with Gasteiger partial charge in [-0.25, -0.2) is 8.42 Å². The lowest BCUT2D eigenvalue weighted by molar-refractivity contribution is 0.0597. The quantitative estimate of drug-likeness (QED) is 0.502. The van der Waals surface area contributed by atoms with E-state index in [2.05, 4.69) is 53.4 Å². The van der Waals surface area contributed by atoms with E-state index in [0.29, 0.717) is 30.8 Å². The Morgan fingerprint density at radius 2 is 1.47 bits per heavy atom. The molecule has 0 spiro atoms. The average molecular weight is 504 g/mol. The predicted molar refractivity (Wildman–Crippen MR) is 144 cm³/mol. The molecule has 3 aromatic rings. The van der Waals surface area contributed by atoms with Crippen molar-refractivity contribution in [2.45, 2.75) is 32.4 Å². The van der Waals surface area contributed by atoms with Crippen LogP contribution in [0, 0.1) is 0 Å². The van der Waals surface area contributed by atoms with Crippen LogP contribution in [0.4, 0.5) is 5.69 Å². The Balaban J connectivity index is 1.31. The molecule has 2 heterocycles. The van der Waals surface area contributed by atoms with E-state index in [9.17, 15) is 13.2 Å². The molecule has 1 fully saturated rings. The fourth-order valence-corrected chi connectivity index (χ4v) is 6.93. The van der Waals surface area contributed by atoms with Crippen molar-refractivity contribution >= 4 is 21.6 Å². The number of amides is 1. The molecule has 5 rings (SSSR count). The highest BCUT2D eigenvalue weighted by molar-refractivity contribution is 7.92. The molecule has 0 aromatic heterocycles. The van der Waals surface area contributed by atoms with Gasteiger partial charge in [-0.2, -0.15) is 0 Å². The first-order valence-corrected chi connectivity index (χ1v) is 14.3. The van der Waals surface area contributed by atoms with Gasteiger partial charge in [-0.15, -0.1) is 0 Å². The zero-order valence-corrected chi connectivity index (χ0v) is 21.7. The molecule has 0 radical (unpaired) electrons. The maximum absolute atomic E-state index is 13.4. The number of sulfonamides is 1. The van der Waals surface area contributed by atoms with Crippen molar-refractivity contribution in [1.82, 2.24) is 9.80 Å². The molecule has 0 saturated carbocycles. The largest absolute Gasteiger partial charge is 0.336 e. The highest BCUT2D eigenvalue weighted by atomic mass is 32.2. The van der Waals surface area contributed by atoms with Gasteiger partial charge in [-0.05, 0) is 55.2 Å². The summed E-state index contributed by atoms with van der Waals surface area (Å²) in [5, 5.41) is 0. The predicted octanol–water partition coefficient (Wildman–Crippen LogP) is 4.33. The molecule has 36 heavy (non-hydrogen) atoms. The van der Waals surface area contributed by atoms with Crippen molar-refractivity contribution in [3.63, 3.8) is 0 Å². The number of benzene rings is 3. The summed E-state index contributed by atoms with van der Waals surface area (Å²) in [6, 6.07) is 26.5. The molecular formula is C29H33N3O3S. The van der Waals surface area contributed by atoms with Crippen molar-refractivity contribution < 1.29 is 13.2 Å². The second-order valence-electron chi connectivity index (χ2n) is 9.65. The van der Waals surface area contributed by atoms with Crippen LogP contribution in [0.15, 0.2) is 78.9 Å². The molecule has 0 bridgehead atoms. The van der Waals surface area contributed by atoms with E-state index in [4.69, 9.17) is 0 Å². The number of carbonyl (C=O) groups excluding carboxylic acids is 1. The lowest BCUT2D eigenvalue weighted by atomic mass is 9.96. The van der Waals surface area contributed by atoms with E-state index in [1.165, 1.54) is 15.4 Å². The molecule has 2 aliphatic rings. The molecule has 0 N–H and O–H groups in total. The lowest BCUT2D eigenvalue weighted by Gasteiger charge is -2.40. The van der Waals surface area contributed by atoms with E-state index in [1.54, 1.807) is 19.1 Å². The van der Waals surface area contributed by atoms with Crippen LogP contribution in [0.2, 0.25) is 0 Å². The second-order valence-corrected chi connectivity index (χ2v) is 11.8. The first-order valence-electron chi connectivity index (χ1n) is 12.7. The summed E-state index contributed by atoms with van der Waals surface area (Å²) in [6.07, 6.45) is 0.624. The Bertz CT molecular complexity index is 1280. The lowest BCUT2D eigenvalue weighted by Crippen LogP contribution is -2.49. The Morgan fingerprint density at radius 1 is 0.889 bits per heavy atom. The van der Waals surface area contributed by atoms with Crippen molar-refractivity contribution in [3.05, 3.63) is 101 Å². The Hall–Kier alpha value is -3.16. The van der Waals surface area contributed by atoms with Gasteiger partial charge >= 0.3 is 0 Å². The van der Waals surface area contributed by atoms with Gasteiger partial charge in [0.2, 0.25) is 10.0 Å². The third-order valence-corrected chi connectivity index (χ3v) is 9.23. The van der Waals surface area contributed by atoms with Crippen LogP contribution in [-0.2, 0) is 16.4 Å². The van der Waals surface area contributed by atoms with Gasteiger partial charge < -0.3 is 4.90 Å². The molecule has 1 atom stereocenters. The minimum absolute atomic E-state index is 0.0119. The number of fused-ring (bicyclic) bond motifs is 1. The van der Waals surface area contributed by atoms with Gasteiger partial charge in [-0.1, -0.05) is 60.7 Å². The average Bonchev–Trinajstić information content (AvgIpc) is 3.26. The SMILES string of the molecule is CCS(=O)(=O)N1c2ccc(C(=O)N3CCN(C(c4ccccc4)c4ccccc4)CC3)cc2C[C@@H]1C. The third-order valence-electron chi connectivity index (χ3n) is 7.34. The van der Waals surface area contributed by atoms with E-state index in [-0.39, 0.29) is 23.7 Å². The summed E-state index contributed by atoms with van der Waals surface area (Å²) in [7, 11) is -3.34. The highest BCUT2D eigenvalue weighted by Crippen LogP contribution is 2.36. The minimum Gasteiger partial charge on any atom is -0.336 e. The number of anilines is 1. The van der Waals surface area contributed by atoms with Crippen molar-refractivity contribution in [2.75, 3.05) is 36.2 Å². The smallest absolute Gasteiger partial charge is 0.253 e. The van der Waals surface area contributed by atoms with Gasteiger partial charge in [0.05, 0.1) is 17.5 Å². The van der Waals surface area contributed by atoms with E-state index in [1.807, 2.05) is 30.0 Å². The molecule has 1 amide bonds. The van der Waals surface area contributed by atoms with Crippen LogP contribution in [0.5, 0.6) is 0 Å². The minimum atomic E-state index is -3.34. The van der Waals surface area contributed by atoms with E-state index in [0.717, 1.165) is 18.7 Å². The normalized spacial score (nSPS) is 18.5. The zero-order valence-electron chi connectivity index (χ0n) is 20.9. The molecule has 7 heteroatoms. The van der Waals surface area contributed by atoms with Crippen LogP contribution in [0.25, 0.3) is 0 Å². The van der Waals surface area contributed by atoms with Crippen molar-refractivity contribution in [3.8, 4) is 0 Å². The fourth-order valence-electron chi connectivity index (χ4n) is 5.55. The standard InChI is InChI=1S/C29H33N3O3S/c1-3-36(34,35)32-22(2)20-26-21-25(14-15-27(26)32)29(33)31-18-16-30(17-19-31)28(23-10-6-4-7-11-23)24-12-8-5-9-13-24/h4-15,21-22,28H,3,16-20H2,1-2H3/t22-/m0/s1. The molecule has 188 valence electrons. The van der Waals surface area contributed by atoms with Crippen LogP contribution in [-0.4, -0.2) is 62.1 Å². The van der Waals surface area contributed by atoms with Crippen molar-refractivity contribution in [1.29, 1.82) is 0 Å². The number of hydrogen-bond acceptors (Lipinski definition) is 4. The topological polar surface area (TPSA) is 60.9 Å². The molecule has 3 aromatic carbocycles. The monoisotopic (exact) mass is 503 g/mol. The summed E-state index contributed by atoms with van der Waals surface area (Å²) in [6.45, 7) is 6.45. The number of hydrogen-bond donors (Lipinski definition) is 0. The van der Waals surface area contributed by atoms with E-state index >= 15 is 0 Å². The van der Waals surface area contributed by atoms with E-state index < -0.39 is 10.0 Å². The van der Waals surface area contributed by atoms with Gasteiger partial charge in [0.25, 0.3) is 5.91 Å². The van der Waals surface area contributed by atoms with Crippen molar-refractivity contribution in [2.24, 2.45) is 0 Å². The Labute approximate surface area is 214 Å². The van der Waals surface area contributed by atoms with Gasteiger partial charge in [0, 0.05) is 37.8 Å². The van der Waals surface area contributed by atoms with Crippen LogP contribution in [0.1, 0.15) is 46.9 Å². The molecular weight excluding hydrogens is 470 g/mol. The maximum atomic E-state index is 13.4. The molecule has 1 saturated heterocycles. The van der Waals surface area contributed by atoms with Crippen LogP contribution < -0.4 is 4.31 Å². The van der Waals surface area contributed by atoms with Crippen LogP contribution >= 0.6 is 0 Å². The Morgan fingerprint density at radius 3 is 2.03 bits per heavy atom. The fraction of sp³-hybridized carbons (Fsp3) is 0.345. The molecule has 6 nitrogen and oxygen atoms in total. The summed E-state index contributed by atoms with van der Waals surface area (Å²) in [5.74, 6) is 0.0761. The highest BCUT2D eigenvalue weighted by Gasteiger charge is 2.35. The molecule has 0 unspecified atom stereocenters. The summed E-state index contributed by atoms with van der Waals surface area (Å²) in [4.78, 5) is 17.8. The number of carbonyl (C=O) groups is 1. The van der Waals surface area contributed by atoms with Gasteiger partial charge in [-0.3, -0.25) is 14.0 Å². The molecule has 2 aliphatic heterocycles. The first kappa shape index (κ1) is 24.5. The third kappa shape index (κ3) is 4.65. The second kappa shape index (κ2) is 10.1. The number of rotatable bonds is 6. The summed E-state index contributed by atoms with van der Waals surface area (Å²) >= 11 is 0. The van der Waals surface area contributed by atoms with Gasteiger partial charge in [0.1, 0.15) is 0 Å². The molecule has 0 aliphatic carbocycles. The Kier molecular flexibility index (Phi) is 6.86. The van der Waals surface area contributed by atoms with Crippen LogP contribution in [0.3, 0.4) is 0 Å². The first-order chi connectivity index (χ1) is 17.4. The summed E-state index contributed by atoms with van der Waals surface area (Å²) < 4.78 is 26.7. The number of nitrogens with zero attached hydrogens (tertiary/aromatic N) is 3. The maximum Gasteiger partial charge on any atom is 0.253 e. The zero-order chi connectivity index (χ0) is 25.3. The summed E-state index contributed by atoms with van der Waals surface area (Å²) in [5.41, 5.74) is 4.77. The van der Waals surface area contributed by atoms with Gasteiger partial charge in [0.15, 0.2) is 0 Å². The number of piperazine rings is 1.